The van der Waals surface area contributed by atoms with Gasteiger partial charge in [-0.25, -0.2) is 4.79 Å². The summed E-state index contributed by atoms with van der Waals surface area (Å²) < 4.78 is 10.6. The molecule has 1 aliphatic heterocycles. The number of aliphatic hydroxyl groups excluding tert-OH is 1. The Morgan fingerprint density at radius 2 is 2.00 bits per heavy atom. The molecule has 23 heavy (non-hydrogen) atoms. The molecule has 0 radical (unpaired) electrons. The second-order valence-electron chi connectivity index (χ2n) is 5.92. The van der Waals surface area contributed by atoms with Gasteiger partial charge in [0.25, 0.3) is 0 Å². The SMILES string of the molecule is O=C(O)c1c(C[C@H]2c3ccccc3C[C@H]2O)ccc2c1OCO2. The van der Waals surface area contributed by atoms with Gasteiger partial charge in [-0.1, -0.05) is 30.3 Å². The highest BCUT2D eigenvalue weighted by atomic mass is 16.7. The fourth-order valence-electron chi connectivity index (χ4n) is 3.56. The average Bonchev–Trinajstić information content (AvgIpc) is 3.11. The third-order valence-corrected chi connectivity index (χ3v) is 4.63. The van der Waals surface area contributed by atoms with Gasteiger partial charge in [0.05, 0.1) is 6.10 Å². The summed E-state index contributed by atoms with van der Waals surface area (Å²) in [4.78, 5) is 11.7. The summed E-state index contributed by atoms with van der Waals surface area (Å²) in [5.41, 5.74) is 3.01. The predicted octanol–water partition coefficient (Wildman–Crippen LogP) is 2.36. The molecule has 4 rings (SSSR count). The summed E-state index contributed by atoms with van der Waals surface area (Å²) in [5.74, 6) is -0.401. The number of carbonyl (C=O) groups is 1. The average molecular weight is 312 g/mol. The molecule has 0 bridgehead atoms. The van der Waals surface area contributed by atoms with Crippen molar-refractivity contribution in [3.05, 3.63) is 58.7 Å². The summed E-state index contributed by atoms with van der Waals surface area (Å²) in [6, 6.07) is 11.4. The quantitative estimate of drug-likeness (QED) is 0.910. The number of rotatable bonds is 3. The largest absolute Gasteiger partial charge is 0.478 e. The van der Waals surface area contributed by atoms with Gasteiger partial charge in [-0.3, -0.25) is 0 Å². The number of hydrogen-bond acceptors (Lipinski definition) is 4. The van der Waals surface area contributed by atoms with Crippen molar-refractivity contribution in [3.8, 4) is 11.5 Å². The van der Waals surface area contributed by atoms with E-state index in [1.54, 1.807) is 12.1 Å². The van der Waals surface area contributed by atoms with Crippen LogP contribution < -0.4 is 9.47 Å². The summed E-state index contributed by atoms with van der Waals surface area (Å²) >= 11 is 0. The van der Waals surface area contributed by atoms with E-state index in [1.807, 2.05) is 24.3 Å². The molecule has 1 aliphatic carbocycles. The Labute approximate surface area is 133 Å². The van der Waals surface area contributed by atoms with Gasteiger partial charge in [0, 0.05) is 5.92 Å². The van der Waals surface area contributed by atoms with Gasteiger partial charge in [-0.2, -0.15) is 0 Å². The molecule has 2 atom stereocenters. The van der Waals surface area contributed by atoms with Crippen LogP contribution in [0.5, 0.6) is 11.5 Å². The molecule has 0 aromatic heterocycles. The smallest absolute Gasteiger partial charge is 0.339 e. The second kappa shape index (κ2) is 5.28. The first kappa shape index (κ1) is 14.1. The van der Waals surface area contributed by atoms with E-state index >= 15 is 0 Å². The lowest BCUT2D eigenvalue weighted by molar-refractivity contribution is 0.0690. The van der Waals surface area contributed by atoms with E-state index in [9.17, 15) is 15.0 Å². The molecule has 2 N–H and O–H groups in total. The first-order valence-electron chi connectivity index (χ1n) is 7.56. The molecule has 0 spiro atoms. The van der Waals surface area contributed by atoms with Crippen LogP contribution in [0.1, 0.15) is 33.0 Å². The standard InChI is InChI=1S/C18H16O5/c19-14-8-10-3-1-2-4-12(10)13(14)7-11-5-6-15-17(23-9-22-15)16(11)18(20)21/h1-6,13-14,19H,7-9H2,(H,20,21)/t13-,14+/m0/s1. The normalized spacial score (nSPS) is 21.3. The van der Waals surface area contributed by atoms with E-state index in [-0.39, 0.29) is 24.0 Å². The van der Waals surface area contributed by atoms with Crippen molar-refractivity contribution in [2.45, 2.75) is 24.9 Å². The third kappa shape index (κ3) is 2.24. The third-order valence-electron chi connectivity index (χ3n) is 4.63. The molecular weight excluding hydrogens is 296 g/mol. The minimum Gasteiger partial charge on any atom is -0.478 e. The zero-order chi connectivity index (χ0) is 16.0. The lowest BCUT2D eigenvalue weighted by atomic mass is 9.89. The van der Waals surface area contributed by atoms with Crippen LogP contribution in [0.3, 0.4) is 0 Å². The zero-order valence-electron chi connectivity index (χ0n) is 12.4. The maximum absolute atomic E-state index is 11.7. The Hall–Kier alpha value is -2.53. The molecule has 5 heteroatoms. The minimum absolute atomic E-state index is 0.0357. The number of ether oxygens (including phenoxy) is 2. The van der Waals surface area contributed by atoms with Crippen molar-refractivity contribution in [3.63, 3.8) is 0 Å². The highest BCUT2D eigenvalue weighted by Crippen LogP contribution is 2.41. The van der Waals surface area contributed by atoms with Gasteiger partial charge in [0.2, 0.25) is 6.79 Å². The molecule has 5 nitrogen and oxygen atoms in total. The fourth-order valence-corrected chi connectivity index (χ4v) is 3.56. The van der Waals surface area contributed by atoms with Crippen molar-refractivity contribution >= 4 is 5.97 Å². The Morgan fingerprint density at radius 3 is 2.83 bits per heavy atom. The van der Waals surface area contributed by atoms with Crippen LogP contribution in [0.25, 0.3) is 0 Å². The Balaban J connectivity index is 1.74. The van der Waals surface area contributed by atoms with E-state index in [2.05, 4.69) is 0 Å². The molecule has 0 saturated heterocycles. The first-order valence-corrected chi connectivity index (χ1v) is 7.56. The number of hydrogen-bond donors (Lipinski definition) is 2. The van der Waals surface area contributed by atoms with Gasteiger partial charge in [0.15, 0.2) is 11.5 Å². The minimum atomic E-state index is -1.04. The van der Waals surface area contributed by atoms with Crippen LogP contribution in [-0.2, 0) is 12.8 Å². The maximum atomic E-state index is 11.7. The summed E-state index contributed by atoms with van der Waals surface area (Å²) in [7, 11) is 0. The van der Waals surface area contributed by atoms with Crippen molar-refractivity contribution in [1.82, 2.24) is 0 Å². The van der Waals surface area contributed by atoms with E-state index in [4.69, 9.17) is 9.47 Å². The summed E-state index contributed by atoms with van der Waals surface area (Å²) in [5, 5.41) is 20.0. The van der Waals surface area contributed by atoms with Crippen molar-refractivity contribution < 1.29 is 24.5 Å². The molecule has 2 aliphatic rings. The number of carboxylic acid groups (broad SMARTS) is 1. The van der Waals surface area contributed by atoms with Crippen LogP contribution in [-0.4, -0.2) is 29.1 Å². The maximum Gasteiger partial charge on any atom is 0.339 e. The molecule has 1 heterocycles. The fraction of sp³-hybridized carbons (Fsp3) is 0.278. The summed E-state index contributed by atoms with van der Waals surface area (Å²) in [6.07, 6.45) is 0.559. The van der Waals surface area contributed by atoms with Crippen LogP contribution in [0.4, 0.5) is 0 Å². The Bertz CT molecular complexity index is 783. The van der Waals surface area contributed by atoms with Crippen LogP contribution in [0, 0.1) is 0 Å². The molecule has 2 aromatic carbocycles. The number of carboxylic acids is 1. The predicted molar refractivity (Wildman–Crippen MR) is 82.1 cm³/mol. The van der Waals surface area contributed by atoms with Gasteiger partial charge >= 0.3 is 5.97 Å². The van der Waals surface area contributed by atoms with E-state index < -0.39 is 12.1 Å². The Morgan fingerprint density at radius 1 is 1.17 bits per heavy atom. The molecular formula is C18H16O5. The van der Waals surface area contributed by atoms with E-state index in [1.165, 1.54) is 0 Å². The topological polar surface area (TPSA) is 76.0 Å². The molecule has 0 amide bonds. The molecule has 0 unspecified atom stereocenters. The molecule has 0 fully saturated rings. The van der Waals surface area contributed by atoms with Crippen LogP contribution in [0.15, 0.2) is 36.4 Å². The van der Waals surface area contributed by atoms with E-state index in [0.29, 0.717) is 24.2 Å². The van der Waals surface area contributed by atoms with Gasteiger partial charge in [0.1, 0.15) is 5.56 Å². The van der Waals surface area contributed by atoms with Crippen molar-refractivity contribution in [2.24, 2.45) is 0 Å². The summed E-state index contributed by atoms with van der Waals surface area (Å²) in [6.45, 7) is 0.0357. The highest BCUT2D eigenvalue weighted by Gasteiger charge is 2.33. The zero-order valence-corrected chi connectivity index (χ0v) is 12.4. The second-order valence-corrected chi connectivity index (χ2v) is 5.92. The lowest BCUT2D eigenvalue weighted by Gasteiger charge is -2.18. The van der Waals surface area contributed by atoms with Gasteiger partial charge < -0.3 is 19.7 Å². The van der Waals surface area contributed by atoms with Gasteiger partial charge in [-0.15, -0.1) is 0 Å². The van der Waals surface area contributed by atoms with Crippen molar-refractivity contribution in [1.29, 1.82) is 0 Å². The van der Waals surface area contributed by atoms with Gasteiger partial charge in [-0.05, 0) is 35.6 Å². The lowest BCUT2D eigenvalue weighted by Crippen LogP contribution is -2.17. The van der Waals surface area contributed by atoms with Crippen LogP contribution in [0.2, 0.25) is 0 Å². The number of benzene rings is 2. The van der Waals surface area contributed by atoms with Crippen LogP contribution >= 0.6 is 0 Å². The van der Waals surface area contributed by atoms with E-state index in [0.717, 1.165) is 11.1 Å². The number of aromatic carboxylic acids is 1. The molecule has 0 saturated carbocycles. The number of fused-ring (bicyclic) bond motifs is 2. The number of aliphatic hydroxyl groups is 1. The Kier molecular flexibility index (Phi) is 3.23. The van der Waals surface area contributed by atoms with Crippen molar-refractivity contribution in [2.75, 3.05) is 6.79 Å². The highest BCUT2D eigenvalue weighted by molar-refractivity contribution is 5.94. The first-order chi connectivity index (χ1) is 11.1. The molecule has 118 valence electrons. The molecule has 2 aromatic rings. The monoisotopic (exact) mass is 312 g/mol.